The third-order valence-corrected chi connectivity index (χ3v) is 3.55. The maximum absolute atomic E-state index is 12.1. The van der Waals surface area contributed by atoms with Gasteiger partial charge in [0.05, 0.1) is 5.92 Å². The van der Waals surface area contributed by atoms with Crippen molar-refractivity contribution >= 4 is 5.91 Å². The standard InChI is InChI=1S/C14H20N2O/c1-14(7-8-14)10-16-13(17)12(9-15)11-5-3-2-4-6-11/h2-6,12H,7-10,15H2,1H3,(H,16,17). The smallest absolute Gasteiger partial charge is 0.228 e. The van der Waals surface area contributed by atoms with Crippen molar-refractivity contribution in [3.05, 3.63) is 35.9 Å². The first kappa shape index (κ1) is 12.1. The van der Waals surface area contributed by atoms with Gasteiger partial charge in [0.15, 0.2) is 0 Å². The van der Waals surface area contributed by atoms with E-state index >= 15 is 0 Å². The van der Waals surface area contributed by atoms with Gasteiger partial charge in [-0.25, -0.2) is 0 Å². The van der Waals surface area contributed by atoms with Crippen LogP contribution in [0.15, 0.2) is 30.3 Å². The van der Waals surface area contributed by atoms with E-state index in [0.717, 1.165) is 12.1 Å². The molecule has 1 fully saturated rings. The summed E-state index contributed by atoms with van der Waals surface area (Å²) in [6.45, 7) is 3.33. The van der Waals surface area contributed by atoms with Crippen LogP contribution in [0.1, 0.15) is 31.2 Å². The number of benzene rings is 1. The lowest BCUT2D eigenvalue weighted by molar-refractivity contribution is -0.122. The largest absolute Gasteiger partial charge is 0.355 e. The molecule has 1 amide bonds. The van der Waals surface area contributed by atoms with E-state index in [-0.39, 0.29) is 11.8 Å². The molecule has 1 saturated carbocycles. The Bertz CT molecular complexity index is 384. The van der Waals surface area contributed by atoms with Crippen LogP contribution in [0.3, 0.4) is 0 Å². The van der Waals surface area contributed by atoms with Gasteiger partial charge in [-0.05, 0) is 23.8 Å². The molecule has 0 aromatic heterocycles. The van der Waals surface area contributed by atoms with Gasteiger partial charge < -0.3 is 11.1 Å². The van der Waals surface area contributed by atoms with Crippen molar-refractivity contribution in [3.63, 3.8) is 0 Å². The summed E-state index contributed by atoms with van der Waals surface area (Å²) in [5.74, 6) is -0.176. The second-order valence-corrected chi connectivity index (χ2v) is 5.23. The zero-order valence-electron chi connectivity index (χ0n) is 10.3. The number of carbonyl (C=O) groups is 1. The van der Waals surface area contributed by atoms with Gasteiger partial charge in [-0.15, -0.1) is 0 Å². The molecule has 92 valence electrons. The molecular weight excluding hydrogens is 212 g/mol. The first-order valence-corrected chi connectivity index (χ1v) is 6.17. The van der Waals surface area contributed by atoms with Crippen molar-refractivity contribution in [2.75, 3.05) is 13.1 Å². The van der Waals surface area contributed by atoms with Crippen LogP contribution in [0.25, 0.3) is 0 Å². The molecule has 0 aliphatic heterocycles. The van der Waals surface area contributed by atoms with Gasteiger partial charge in [-0.3, -0.25) is 4.79 Å². The minimum Gasteiger partial charge on any atom is -0.355 e. The van der Waals surface area contributed by atoms with Gasteiger partial charge in [0.1, 0.15) is 0 Å². The van der Waals surface area contributed by atoms with Gasteiger partial charge in [-0.1, -0.05) is 37.3 Å². The van der Waals surface area contributed by atoms with E-state index in [1.54, 1.807) is 0 Å². The predicted octanol–water partition coefficient (Wildman–Crippen LogP) is 1.65. The van der Waals surface area contributed by atoms with Crippen molar-refractivity contribution in [2.45, 2.75) is 25.7 Å². The van der Waals surface area contributed by atoms with Crippen LogP contribution in [0, 0.1) is 5.41 Å². The Morgan fingerprint density at radius 3 is 2.59 bits per heavy atom. The van der Waals surface area contributed by atoms with Crippen molar-refractivity contribution in [2.24, 2.45) is 11.1 Å². The number of rotatable bonds is 5. The summed E-state index contributed by atoms with van der Waals surface area (Å²) in [6, 6.07) is 9.73. The first-order valence-electron chi connectivity index (χ1n) is 6.17. The molecule has 0 saturated heterocycles. The Morgan fingerprint density at radius 2 is 2.06 bits per heavy atom. The fourth-order valence-electron chi connectivity index (χ4n) is 1.89. The van der Waals surface area contributed by atoms with Crippen LogP contribution in [-0.4, -0.2) is 19.0 Å². The number of nitrogens with one attached hydrogen (secondary N) is 1. The van der Waals surface area contributed by atoms with Crippen LogP contribution in [-0.2, 0) is 4.79 Å². The third-order valence-electron chi connectivity index (χ3n) is 3.55. The van der Waals surface area contributed by atoms with Crippen molar-refractivity contribution in [1.82, 2.24) is 5.32 Å². The Morgan fingerprint density at radius 1 is 1.41 bits per heavy atom. The molecule has 1 atom stereocenters. The molecule has 0 bridgehead atoms. The molecule has 0 radical (unpaired) electrons. The zero-order valence-corrected chi connectivity index (χ0v) is 10.3. The average molecular weight is 232 g/mol. The molecule has 1 aliphatic rings. The molecule has 2 rings (SSSR count). The molecule has 17 heavy (non-hydrogen) atoms. The number of carbonyl (C=O) groups excluding carboxylic acids is 1. The number of amides is 1. The lowest BCUT2D eigenvalue weighted by atomic mass is 9.98. The Kier molecular flexibility index (Phi) is 3.48. The Balaban J connectivity index is 1.95. The molecule has 3 N–H and O–H groups in total. The topological polar surface area (TPSA) is 55.1 Å². The van der Waals surface area contributed by atoms with Gasteiger partial charge in [0.25, 0.3) is 0 Å². The summed E-state index contributed by atoms with van der Waals surface area (Å²) >= 11 is 0. The Hall–Kier alpha value is -1.35. The molecule has 1 aromatic carbocycles. The Labute approximate surface area is 102 Å². The fraction of sp³-hybridized carbons (Fsp3) is 0.500. The summed E-state index contributed by atoms with van der Waals surface area (Å²) in [5, 5.41) is 3.02. The highest BCUT2D eigenvalue weighted by Gasteiger charge is 2.37. The summed E-state index contributed by atoms with van der Waals surface area (Å²) in [5.41, 5.74) is 7.03. The predicted molar refractivity (Wildman–Crippen MR) is 68.6 cm³/mol. The van der Waals surface area contributed by atoms with Crippen molar-refractivity contribution in [1.29, 1.82) is 0 Å². The first-order chi connectivity index (χ1) is 8.14. The number of nitrogens with two attached hydrogens (primary N) is 1. The van der Waals surface area contributed by atoms with Gasteiger partial charge in [0.2, 0.25) is 5.91 Å². The van der Waals surface area contributed by atoms with E-state index in [4.69, 9.17) is 5.73 Å². The zero-order chi connectivity index (χ0) is 12.3. The summed E-state index contributed by atoms with van der Waals surface area (Å²) in [7, 11) is 0. The minimum atomic E-state index is -0.224. The van der Waals surface area contributed by atoms with E-state index in [1.165, 1.54) is 12.8 Å². The highest BCUT2D eigenvalue weighted by atomic mass is 16.1. The summed E-state index contributed by atoms with van der Waals surface area (Å²) < 4.78 is 0. The molecule has 1 aliphatic carbocycles. The summed E-state index contributed by atoms with van der Waals surface area (Å²) in [6.07, 6.45) is 2.43. The molecule has 3 heteroatoms. The van der Waals surface area contributed by atoms with Crippen LogP contribution in [0.5, 0.6) is 0 Å². The van der Waals surface area contributed by atoms with Crippen molar-refractivity contribution < 1.29 is 4.79 Å². The fourth-order valence-corrected chi connectivity index (χ4v) is 1.89. The van der Waals surface area contributed by atoms with Crippen LogP contribution in [0.4, 0.5) is 0 Å². The van der Waals surface area contributed by atoms with Crippen LogP contribution < -0.4 is 11.1 Å². The monoisotopic (exact) mass is 232 g/mol. The highest BCUT2D eigenvalue weighted by molar-refractivity contribution is 5.83. The second-order valence-electron chi connectivity index (χ2n) is 5.23. The molecule has 1 aromatic rings. The molecule has 0 heterocycles. The second kappa shape index (κ2) is 4.88. The van der Waals surface area contributed by atoms with E-state index in [2.05, 4.69) is 12.2 Å². The van der Waals surface area contributed by atoms with Gasteiger partial charge in [0, 0.05) is 13.1 Å². The normalized spacial score (nSPS) is 18.5. The maximum atomic E-state index is 12.1. The minimum absolute atomic E-state index is 0.0480. The van der Waals surface area contributed by atoms with Gasteiger partial charge >= 0.3 is 0 Å². The van der Waals surface area contributed by atoms with E-state index < -0.39 is 0 Å². The highest BCUT2D eigenvalue weighted by Crippen LogP contribution is 2.44. The third kappa shape index (κ3) is 3.07. The molecule has 0 spiro atoms. The van der Waals surface area contributed by atoms with E-state index in [1.807, 2.05) is 30.3 Å². The molecular formula is C14H20N2O. The SMILES string of the molecule is CC1(CNC(=O)C(CN)c2ccccc2)CC1. The van der Waals surface area contributed by atoms with Gasteiger partial charge in [-0.2, -0.15) is 0 Å². The molecule has 3 nitrogen and oxygen atoms in total. The quantitative estimate of drug-likeness (QED) is 0.811. The number of hydrogen-bond donors (Lipinski definition) is 2. The van der Waals surface area contributed by atoms with Crippen molar-refractivity contribution in [3.8, 4) is 0 Å². The van der Waals surface area contributed by atoms with E-state index in [0.29, 0.717) is 12.0 Å². The van der Waals surface area contributed by atoms with Crippen LogP contribution >= 0.6 is 0 Å². The van der Waals surface area contributed by atoms with E-state index in [9.17, 15) is 4.79 Å². The number of hydrogen-bond acceptors (Lipinski definition) is 2. The maximum Gasteiger partial charge on any atom is 0.228 e. The lowest BCUT2D eigenvalue weighted by Crippen LogP contribution is -2.36. The lowest BCUT2D eigenvalue weighted by Gasteiger charge is -2.17. The van der Waals surface area contributed by atoms with Crippen LogP contribution in [0.2, 0.25) is 0 Å². The molecule has 1 unspecified atom stereocenters. The average Bonchev–Trinajstić information content (AvgIpc) is 3.08. The summed E-state index contributed by atoms with van der Waals surface area (Å²) in [4.78, 5) is 12.1.